The summed E-state index contributed by atoms with van der Waals surface area (Å²) in [6.07, 6.45) is 1.40. The molecule has 0 aromatic carbocycles. The number of ether oxygens (including phenoxy) is 1. The highest BCUT2D eigenvalue weighted by molar-refractivity contribution is 6.34. The average molecular weight is 305 g/mol. The van der Waals surface area contributed by atoms with Crippen molar-refractivity contribution in [2.24, 2.45) is 0 Å². The van der Waals surface area contributed by atoms with E-state index in [0.717, 1.165) is 5.56 Å². The molecule has 1 aromatic heterocycles. The first-order valence-electron chi connectivity index (χ1n) is 5.81. The van der Waals surface area contributed by atoms with Crippen LogP contribution in [0.2, 0.25) is 10.2 Å². The maximum Gasteiger partial charge on any atom is 0.323 e. The molecule has 1 aromatic rings. The summed E-state index contributed by atoms with van der Waals surface area (Å²) in [4.78, 5) is 17.4. The highest BCUT2D eigenvalue weighted by Crippen LogP contribution is 2.25. The van der Waals surface area contributed by atoms with Crippen LogP contribution in [0.5, 0.6) is 0 Å². The molecular formula is C12H14Cl2N2O3. The van der Waals surface area contributed by atoms with Crippen molar-refractivity contribution in [3.63, 3.8) is 0 Å². The van der Waals surface area contributed by atoms with Crippen molar-refractivity contribution in [1.29, 1.82) is 0 Å². The van der Waals surface area contributed by atoms with Gasteiger partial charge in [0.2, 0.25) is 0 Å². The highest BCUT2D eigenvalue weighted by atomic mass is 35.5. The molecule has 2 unspecified atom stereocenters. The molecule has 0 bridgehead atoms. The molecule has 0 spiro atoms. The first-order chi connectivity index (χ1) is 9.01. The number of aromatic nitrogens is 1. The Morgan fingerprint density at radius 1 is 1.63 bits per heavy atom. The summed E-state index contributed by atoms with van der Waals surface area (Å²) in [5.74, 6) is -0.352. The number of carbonyl (C=O) groups excluding carboxylic acids is 1. The number of hydrogen-bond donors (Lipinski definition) is 1. The predicted octanol–water partition coefficient (Wildman–Crippen LogP) is 1.50. The van der Waals surface area contributed by atoms with Gasteiger partial charge in [0.15, 0.2) is 0 Å². The zero-order valence-corrected chi connectivity index (χ0v) is 11.9. The van der Waals surface area contributed by atoms with Crippen molar-refractivity contribution in [3.05, 3.63) is 28.0 Å². The number of likely N-dealkylation sites (tertiary alicyclic amines) is 1. The van der Waals surface area contributed by atoms with Gasteiger partial charge in [0, 0.05) is 36.3 Å². The number of carbonyl (C=O) groups is 1. The summed E-state index contributed by atoms with van der Waals surface area (Å²) in [6.45, 7) is 0.818. The average Bonchev–Trinajstić information content (AvgIpc) is 2.73. The molecule has 19 heavy (non-hydrogen) atoms. The number of esters is 1. The van der Waals surface area contributed by atoms with Crippen LogP contribution in [0.3, 0.4) is 0 Å². The van der Waals surface area contributed by atoms with E-state index in [4.69, 9.17) is 27.9 Å². The Balaban J connectivity index is 2.14. The number of rotatable bonds is 3. The van der Waals surface area contributed by atoms with Crippen LogP contribution in [-0.2, 0) is 16.1 Å². The van der Waals surface area contributed by atoms with E-state index in [-0.39, 0.29) is 5.97 Å². The Hall–Kier alpha value is -0.880. The lowest BCUT2D eigenvalue weighted by molar-refractivity contribution is -0.146. The molecule has 0 saturated carbocycles. The fourth-order valence-corrected chi connectivity index (χ4v) is 2.63. The molecular weight excluding hydrogens is 291 g/mol. The smallest absolute Gasteiger partial charge is 0.323 e. The van der Waals surface area contributed by atoms with Gasteiger partial charge >= 0.3 is 5.97 Å². The summed E-state index contributed by atoms with van der Waals surface area (Å²) in [6, 6.07) is 1.10. The Morgan fingerprint density at radius 3 is 3.00 bits per heavy atom. The minimum atomic E-state index is -0.539. The second-order valence-corrected chi connectivity index (χ2v) is 5.25. The molecule has 0 amide bonds. The molecule has 1 fully saturated rings. The first-order valence-corrected chi connectivity index (χ1v) is 6.56. The van der Waals surface area contributed by atoms with Crippen LogP contribution in [0, 0.1) is 0 Å². The number of hydrogen-bond acceptors (Lipinski definition) is 5. The van der Waals surface area contributed by atoms with Crippen molar-refractivity contribution in [2.75, 3.05) is 13.7 Å². The van der Waals surface area contributed by atoms with Crippen LogP contribution in [0.1, 0.15) is 12.0 Å². The summed E-state index contributed by atoms with van der Waals surface area (Å²) in [5.41, 5.74) is 0.758. The van der Waals surface area contributed by atoms with Crippen LogP contribution in [0.25, 0.3) is 0 Å². The highest BCUT2D eigenvalue weighted by Gasteiger charge is 2.36. The van der Waals surface area contributed by atoms with Crippen LogP contribution < -0.4 is 0 Å². The minimum absolute atomic E-state index is 0.319. The van der Waals surface area contributed by atoms with E-state index >= 15 is 0 Å². The summed E-state index contributed by atoms with van der Waals surface area (Å²) in [7, 11) is 1.34. The van der Waals surface area contributed by atoms with Crippen molar-refractivity contribution in [2.45, 2.75) is 25.1 Å². The van der Waals surface area contributed by atoms with Crippen molar-refractivity contribution >= 4 is 29.2 Å². The van der Waals surface area contributed by atoms with E-state index in [0.29, 0.717) is 29.7 Å². The fourth-order valence-electron chi connectivity index (χ4n) is 2.21. The number of methoxy groups -OCH3 is 1. The monoisotopic (exact) mass is 304 g/mol. The van der Waals surface area contributed by atoms with E-state index in [1.54, 1.807) is 12.3 Å². The molecule has 2 rings (SSSR count). The lowest BCUT2D eigenvalue weighted by atomic mass is 10.2. The second-order valence-electron chi connectivity index (χ2n) is 4.46. The third kappa shape index (κ3) is 3.36. The SMILES string of the molecule is COC(=O)C1CC(O)CN1Cc1cnc(Cl)cc1Cl. The standard InChI is InChI=1S/C12H14Cl2N2O3/c1-19-12(18)10-2-8(17)6-16(10)5-7-4-15-11(14)3-9(7)13/h3-4,8,10,17H,2,5-6H2,1H3. The van der Waals surface area contributed by atoms with E-state index in [1.165, 1.54) is 7.11 Å². The van der Waals surface area contributed by atoms with Crippen molar-refractivity contribution in [1.82, 2.24) is 9.88 Å². The molecule has 104 valence electrons. The third-order valence-electron chi connectivity index (χ3n) is 3.12. The number of aliphatic hydroxyl groups is 1. The lowest BCUT2D eigenvalue weighted by Crippen LogP contribution is -2.36. The molecule has 1 saturated heterocycles. The maximum absolute atomic E-state index is 11.7. The molecule has 1 N–H and O–H groups in total. The van der Waals surface area contributed by atoms with Gasteiger partial charge in [-0.3, -0.25) is 9.69 Å². The van der Waals surface area contributed by atoms with Gasteiger partial charge in [0.1, 0.15) is 11.2 Å². The quantitative estimate of drug-likeness (QED) is 0.677. The predicted molar refractivity (Wildman–Crippen MR) is 71.1 cm³/mol. The molecule has 2 heterocycles. The summed E-state index contributed by atoms with van der Waals surface area (Å²) < 4.78 is 4.74. The van der Waals surface area contributed by atoms with Crippen LogP contribution >= 0.6 is 23.2 Å². The normalized spacial score (nSPS) is 23.6. The molecule has 1 aliphatic heterocycles. The van der Waals surface area contributed by atoms with E-state index in [1.807, 2.05) is 4.90 Å². The van der Waals surface area contributed by atoms with Crippen molar-refractivity contribution < 1.29 is 14.6 Å². The van der Waals surface area contributed by atoms with Crippen LogP contribution in [-0.4, -0.2) is 46.8 Å². The summed E-state index contributed by atoms with van der Waals surface area (Å²) >= 11 is 11.8. The van der Waals surface area contributed by atoms with E-state index in [2.05, 4.69) is 4.98 Å². The molecule has 5 nitrogen and oxygen atoms in total. The third-order valence-corrected chi connectivity index (χ3v) is 3.68. The molecule has 7 heteroatoms. The number of aliphatic hydroxyl groups excluding tert-OH is 1. The zero-order chi connectivity index (χ0) is 14.0. The molecule has 1 aliphatic rings. The maximum atomic E-state index is 11.7. The number of β-amino-alcohol motifs (C(OH)–C–C–N with tert-alkyl or cyclic N) is 1. The molecule has 0 aliphatic carbocycles. The second kappa shape index (κ2) is 6.05. The van der Waals surface area contributed by atoms with Gasteiger partial charge in [-0.1, -0.05) is 23.2 Å². The van der Waals surface area contributed by atoms with Gasteiger partial charge in [0.05, 0.1) is 13.2 Å². The van der Waals surface area contributed by atoms with Gasteiger partial charge < -0.3 is 9.84 Å². The van der Waals surface area contributed by atoms with E-state index < -0.39 is 12.1 Å². The Bertz CT molecular complexity index is 484. The minimum Gasteiger partial charge on any atom is -0.468 e. The Kier molecular flexibility index (Phi) is 4.62. The molecule has 0 radical (unpaired) electrons. The first kappa shape index (κ1) is 14.5. The van der Waals surface area contributed by atoms with Gasteiger partial charge in [-0.15, -0.1) is 0 Å². The lowest BCUT2D eigenvalue weighted by Gasteiger charge is -2.22. The fraction of sp³-hybridized carbons (Fsp3) is 0.500. The molecule has 2 atom stereocenters. The van der Waals surface area contributed by atoms with Crippen LogP contribution in [0.4, 0.5) is 0 Å². The Morgan fingerprint density at radius 2 is 2.37 bits per heavy atom. The number of halogens is 2. The summed E-state index contributed by atoms with van der Waals surface area (Å²) in [5, 5.41) is 10.5. The number of nitrogens with zero attached hydrogens (tertiary/aromatic N) is 2. The van der Waals surface area contributed by atoms with Gasteiger partial charge in [-0.2, -0.15) is 0 Å². The van der Waals surface area contributed by atoms with Crippen LogP contribution in [0.15, 0.2) is 12.3 Å². The van der Waals surface area contributed by atoms with Gasteiger partial charge in [0.25, 0.3) is 0 Å². The van der Waals surface area contributed by atoms with Gasteiger partial charge in [-0.05, 0) is 6.07 Å². The topological polar surface area (TPSA) is 62.7 Å². The van der Waals surface area contributed by atoms with Gasteiger partial charge in [-0.25, -0.2) is 4.98 Å². The number of pyridine rings is 1. The van der Waals surface area contributed by atoms with E-state index in [9.17, 15) is 9.90 Å². The van der Waals surface area contributed by atoms with Crippen molar-refractivity contribution in [3.8, 4) is 0 Å². The Labute approximate surface area is 121 Å². The largest absolute Gasteiger partial charge is 0.468 e. The zero-order valence-electron chi connectivity index (χ0n) is 10.3.